The molecule has 2 fully saturated rings. The van der Waals surface area contributed by atoms with Crippen molar-refractivity contribution in [2.24, 2.45) is 11.8 Å². The highest BCUT2D eigenvalue weighted by Crippen LogP contribution is 2.41. The van der Waals surface area contributed by atoms with E-state index in [1.165, 1.54) is 6.42 Å². The summed E-state index contributed by atoms with van der Waals surface area (Å²) in [5.74, 6) is 7.40. The molecule has 1 N–H and O–H groups in total. The minimum atomic E-state index is -0.103. The number of amides is 1. The standard InChI is InChI=1S/C22H22N2O/c1-15-7-11-18-20(13-15)24-22(25)21(18)19-12-10-17(14-23-19)9-8-16-5-3-2-4-6-16/h2-6,10,12,14-15,18,20-21H,7,11,13H2,1H3,(H,24,25)/t15-,18?,20?,21+/m0/s1. The lowest BCUT2D eigenvalue weighted by atomic mass is 9.75. The van der Waals surface area contributed by atoms with Crippen LogP contribution in [0.25, 0.3) is 0 Å². The molecule has 4 rings (SSSR count). The molecule has 2 aliphatic rings. The van der Waals surface area contributed by atoms with Gasteiger partial charge >= 0.3 is 0 Å². The Bertz CT molecular complexity index is 817. The number of nitrogens with zero attached hydrogens (tertiary/aromatic N) is 1. The molecule has 1 aliphatic heterocycles. The van der Waals surface area contributed by atoms with Crippen LogP contribution in [-0.2, 0) is 4.79 Å². The molecule has 25 heavy (non-hydrogen) atoms. The van der Waals surface area contributed by atoms with Crippen molar-refractivity contribution >= 4 is 5.91 Å². The molecule has 2 aromatic rings. The molecule has 126 valence electrons. The number of benzene rings is 1. The average molecular weight is 330 g/mol. The molecule has 1 aromatic carbocycles. The van der Waals surface area contributed by atoms with Crippen LogP contribution in [0.1, 0.15) is 48.9 Å². The Hall–Kier alpha value is -2.60. The first-order chi connectivity index (χ1) is 12.2. The van der Waals surface area contributed by atoms with Crippen LogP contribution < -0.4 is 5.32 Å². The average Bonchev–Trinajstić information content (AvgIpc) is 2.96. The van der Waals surface area contributed by atoms with Gasteiger partial charge in [0.25, 0.3) is 0 Å². The Morgan fingerprint density at radius 3 is 2.60 bits per heavy atom. The molecular weight excluding hydrogens is 308 g/mol. The van der Waals surface area contributed by atoms with Gasteiger partial charge in [0, 0.05) is 23.4 Å². The van der Waals surface area contributed by atoms with E-state index in [0.717, 1.165) is 29.7 Å². The lowest BCUT2D eigenvalue weighted by molar-refractivity contribution is -0.120. The topological polar surface area (TPSA) is 42.0 Å². The van der Waals surface area contributed by atoms with Gasteiger partial charge < -0.3 is 5.32 Å². The van der Waals surface area contributed by atoms with Gasteiger partial charge in [0.2, 0.25) is 5.91 Å². The van der Waals surface area contributed by atoms with E-state index in [9.17, 15) is 4.79 Å². The quantitative estimate of drug-likeness (QED) is 0.813. The number of nitrogens with one attached hydrogen (secondary N) is 1. The first-order valence-electron chi connectivity index (χ1n) is 9.04. The van der Waals surface area contributed by atoms with E-state index in [1.54, 1.807) is 6.20 Å². The molecule has 4 atom stereocenters. The van der Waals surface area contributed by atoms with E-state index in [2.05, 4.69) is 29.1 Å². The van der Waals surface area contributed by atoms with Crippen molar-refractivity contribution in [2.75, 3.05) is 0 Å². The van der Waals surface area contributed by atoms with Gasteiger partial charge in [-0.05, 0) is 48.9 Å². The number of fused-ring (bicyclic) bond motifs is 1. The second-order valence-corrected chi connectivity index (χ2v) is 7.26. The van der Waals surface area contributed by atoms with Gasteiger partial charge in [-0.2, -0.15) is 0 Å². The molecule has 2 unspecified atom stereocenters. The lowest BCUT2D eigenvalue weighted by Gasteiger charge is -2.30. The molecular formula is C22H22N2O. The van der Waals surface area contributed by atoms with Crippen molar-refractivity contribution in [3.05, 3.63) is 65.5 Å². The first kappa shape index (κ1) is 15.9. The van der Waals surface area contributed by atoms with Crippen molar-refractivity contribution in [1.29, 1.82) is 0 Å². The van der Waals surface area contributed by atoms with Gasteiger partial charge in [-0.1, -0.05) is 43.4 Å². The predicted octanol–water partition coefficient (Wildman–Crippen LogP) is 3.50. The maximum atomic E-state index is 12.5. The summed E-state index contributed by atoms with van der Waals surface area (Å²) in [6.07, 6.45) is 5.19. The number of rotatable bonds is 1. The third-order valence-electron chi connectivity index (χ3n) is 5.43. The SMILES string of the molecule is C[C@H]1CCC2C(C1)NC(=O)[C@H]2c1ccc(C#Cc2ccccc2)cn1. The van der Waals surface area contributed by atoms with Gasteiger partial charge in [-0.3, -0.25) is 9.78 Å². The third kappa shape index (κ3) is 3.30. The molecule has 1 saturated carbocycles. The van der Waals surface area contributed by atoms with Gasteiger partial charge in [-0.25, -0.2) is 0 Å². The van der Waals surface area contributed by atoms with Crippen molar-refractivity contribution in [3.63, 3.8) is 0 Å². The monoisotopic (exact) mass is 330 g/mol. The molecule has 0 spiro atoms. The van der Waals surface area contributed by atoms with Crippen molar-refractivity contribution in [2.45, 2.75) is 38.1 Å². The van der Waals surface area contributed by atoms with E-state index in [-0.39, 0.29) is 11.8 Å². The van der Waals surface area contributed by atoms with Crippen LogP contribution in [0.15, 0.2) is 48.7 Å². The summed E-state index contributed by atoms with van der Waals surface area (Å²) in [5.41, 5.74) is 2.74. The van der Waals surface area contributed by atoms with Gasteiger partial charge in [0.15, 0.2) is 0 Å². The fourth-order valence-electron chi connectivity index (χ4n) is 4.12. The van der Waals surface area contributed by atoms with E-state index < -0.39 is 0 Å². The van der Waals surface area contributed by atoms with Crippen molar-refractivity contribution in [1.82, 2.24) is 10.3 Å². The highest BCUT2D eigenvalue weighted by Gasteiger charge is 2.45. The number of hydrogen-bond acceptors (Lipinski definition) is 2. The summed E-state index contributed by atoms with van der Waals surface area (Å²) in [4.78, 5) is 17.0. The summed E-state index contributed by atoms with van der Waals surface area (Å²) in [5, 5.41) is 3.19. The number of hydrogen-bond donors (Lipinski definition) is 1. The zero-order chi connectivity index (χ0) is 17.2. The molecule has 1 saturated heterocycles. The lowest BCUT2D eigenvalue weighted by Crippen LogP contribution is -2.34. The molecule has 0 radical (unpaired) electrons. The highest BCUT2D eigenvalue weighted by molar-refractivity contribution is 5.86. The smallest absolute Gasteiger partial charge is 0.229 e. The summed E-state index contributed by atoms with van der Waals surface area (Å²) in [6.45, 7) is 2.27. The predicted molar refractivity (Wildman–Crippen MR) is 97.8 cm³/mol. The molecule has 3 nitrogen and oxygen atoms in total. The normalized spacial score (nSPS) is 27.8. The third-order valence-corrected chi connectivity index (χ3v) is 5.43. The molecule has 0 bridgehead atoms. The number of aromatic nitrogens is 1. The Morgan fingerprint density at radius 2 is 1.84 bits per heavy atom. The maximum absolute atomic E-state index is 12.5. The first-order valence-corrected chi connectivity index (χ1v) is 9.04. The zero-order valence-electron chi connectivity index (χ0n) is 14.4. The molecule has 1 aliphatic carbocycles. The summed E-state index contributed by atoms with van der Waals surface area (Å²) in [6, 6.07) is 14.2. The Kier molecular flexibility index (Phi) is 4.28. The molecule has 1 aromatic heterocycles. The van der Waals surface area contributed by atoms with Crippen LogP contribution >= 0.6 is 0 Å². The maximum Gasteiger partial charge on any atom is 0.229 e. The number of pyridine rings is 1. The van der Waals surface area contributed by atoms with Crippen LogP contribution in [0.5, 0.6) is 0 Å². The highest BCUT2D eigenvalue weighted by atomic mass is 16.2. The fraction of sp³-hybridized carbons (Fsp3) is 0.364. The Labute approximate surface area is 148 Å². The van der Waals surface area contributed by atoms with Gasteiger partial charge in [-0.15, -0.1) is 0 Å². The summed E-state index contributed by atoms with van der Waals surface area (Å²) in [7, 11) is 0. The second-order valence-electron chi connectivity index (χ2n) is 7.26. The van der Waals surface area contributed by atoms with Crippen LogP contribution in [-0.4, -0.2) is 16.9 Å². The minimum Gasteiger partial charge on any atom is -0.352 e. The molecule has 3 heteroatoms. The van der Waals surface area contributed by atoms with Gasteiger partial charge in [0.1, 0.15) is 0 Å². The van der Waals surface area contributed by atoms with Crippen LogP contribution in [0.2, 0.25) is 0 Å². The van der Waals surface area contributed by atoms with E-state index in [4.69, 9.17) is 0 Å². The fourth-order valence-corrected chi connectivity index (χ4v) is 4.12. The zero-order valence-corrected chi connectivity index (χ0v) is 14.4. The van der Waals surface area contributed by atoms with Crippen molar-refractivity contribution in [3.8, 4) is 11.8 Å². The summed E-state index contributed by atoms with van der Waals surface area (Å²) < 4.78 is 0. The van der Waals surface area contributed by atoms with Crippen LogP contribution in [0, 0.1) is 23.7 Å². The molecule has 2 heterocycles. The molecule has 1 amide bonds. The Balaban J connectivity index is 1.52. The van der Waals surface area contributed by atoms with Crippen molar-refractivity contribution < 1.29 is 4.79 Å². The number of carbonyl (C=O) groups is 1. The van der Waals surface area contributed by atoms with E-state index in [0.29, 0.717) is 17.9 Å². The van der Waals surface area contributed by atoms with E-state index >= 15 is 0 Å². The summed E-state index contributed by atoms with van der Waals surface area (Å²) >= 11 is 0. The Morgan fingerprint density at radius 1 is 1.04 bits per heavy atom. The largest absolute Gasteiger partial charge is 0.352 e. The van der Waals surface area contributed by atoms with E-state index in [1.807, 2.05) is 42.5 Å². The van der Waals surface area contributed by atoms with Crippen LogP contribution in [0.4, 0.5) is 0 Å². The van der Waals surface area contributed by atoms with Crippen LogP contribution in [0.3, 0.4) is 0 Å². The minimum absolute atomic E-state index is 0.103. The van der Waals surface area contributed by atoms with Gasteiger partial charge in [0.05, 0.1) is 11.6 Å². The second kappa shape index (κ2) is 6.72. The number of carbonyl (C=O) groups excluding carboxylic acids is 1.